The van der Waals surface area contributed by atoms with Crippen LogP contribution in [-0.2, 0) is 6.54 Å². The van der Waals surface area contributed by atoms with E-state index in [1.165, 1.54) is 0 Å². The summed E-state index contributed by atoms with van der Waals surface area (Å²) in [6.07, 6.45) is 0. The number of aromatic amines is 2. The number of benzene rings is 1. The number of carbonyl (C=O) groups is 1. The van der Waals surface area contributed by atoms with Gasteiger partial charge in [0.2, 0.25) is 0 Å². The highest BCUT2D eigenvalue weighted by molar-refractivity contribution is 7.18. The maximum absolute atomic E-state index is 12.2. The second-order valence-corrected chi connectivity index (χ2v) is 6.04. The maximum atomic E-state index is 12.2. The summed E-state index contributed by atoms with van der Waals surface area (Å²) in [5.74, 6) is -0.312. The van der Waals surface area contributed by atoms with Gasteiger partial charge in [-0.2, -0.15) is 0 Å². The zero-order chi connectivity index (χ0) is 15.8. The summed E-state index contributed by atoms with van der Waals surface area (Å²) in [6.45, 7) is 0.335. The summed E-state index contributed by atoms with van der Waals surface area (Å²) in [6, 6.07) is 11.0. The Morgan fingerprint density at radius 3 is 2.87 bits per heavy atom. The van der Waals surface area contributed by atoms with Gasteiger partial charge in [0.1, 0.15) is 10.7 Å². The first-order valence-corrected chi connectivity index (χ1v) is 7.72. The molecule has 8 heteroatoms. The third kappa shape index (κ3) is 2.59. The van der Waals surface area contributed by atoms with Crippen LogP contribution in [0.25, 0.3) is 21.4 Å². The molecule has 0 aliphatic rings. The second-order valence-electron chi connectivity index (χ2n) is 4.93. The summed E-state index contributed by atoms with van der Waals surface area (Å²) in [7, 11) is 0. The van der Waals surface area contributed by atoms with Crippen LogP contribution >= 0.6 is 11.3 Å². The number of imidazole rings is 1. The lowest BCUT2D eigenvalue weighted by molar-refractivity contribution is 0.0946. The molecule has 0 unspecified atom stereocenters. The van der Waals surface area contributed by atoms with E-state index in [-0.39, 0.29) is 17.3 Å². The van der Waals surface area contributed by atoms with E-state index in [1.54, 1.807) is 23.5 Å². The number of carbonyl (C=O) groups excluding carboxylic acids is 1. The molecule has 0 fully saturated rings. The SMILES string of the molecule is O=C(NCc1nc2ccccc2s1)c1ccc2[nH]c(=O)[nH]c2n1. The number of hydrogen-bond donors (Lipinski definition) is 3. The fourth-order valence-corrected chi connectivity index (χ4v) is 3.19. The van der Waals surface area contributed by atoms with Crippen molar-refractivity contribution in [3.05, 3.63) is 57.6 Å². The number of H-pyrrole nitrogens is 2. The van der Waals surface area contributed by atoms with Gasteiger partial charge in [0.15, 0.2) is 5.65 Å². The fourth-order valence-electron chi connectivity index (χ4n) is 2.28. The molecule has 0 saturated heterocycles. The van der Waals surface area contributed by atoms with Gasteiger partial charge in [0.25, 0.3) is 5.91 Å². The van der Waals surface area contributed by atoms with Crippen LogP contribution in [0.15, 0.2) is 41.2 Å². The lowest BCUT2D eigenvalue weighted by atomic mass is 10.3. The smallest absolute Gasteiger partial charge is 0.325 e. The van der Waals surface area contributed by atoms with E-state index in [4.69, 9.17) is 0 Å². The minimum absolute atomic E-state index is 0.244. The highest BCUT2D eigenvalue weighted by atomic mass is 32.1. The van der Waals surface area contributed by atoms with Gasteiger partial charge in [-0.05, 0) is 24.3 Å². The van der Waals surface area contributed by atoms with Crippen LogP contribution in [0, 0.1) is 0 Å². The topological polar surface area (TPSA) is 104 Å². The van der Waals surface area contributed by atoms with Gasteiger partial charge < -0.3 is 10.3 Å². The van der Waals surface area contributed by atoms with Gasteiger partial charge in [-0.3, -0.25) is 9.78 Å². The largest absolute Gasteiger partial charge is 0.344 e. The lowest BCUT2D eigenvalue weighted by Crippen LogP contribution is -2.23. The second kappa shape index (κ2) is 5.33. The van der Waals surface area contributed by atoms with Crippen LogP contribution in [0.1, 0.15) is 15.5 Å². The van der Waals surface area contributed by atoms with Crippen LogP contribution < -0.4 is 11.0 Å². The van der Waals surface area contributed by atoms with Crippen LogP contribution in [0.5, 0.6) is 0 Å². The average molecular weight is 325 g/mol. The highest BCUT2D eigenvalue weighted by Gasteiger charge is 2.11. The van der Waals surface area contributed by atoms with Gasteiger partial charge in [-0.1, -0.05) is 12.1 Å². The van der Waals surface area contributed by atoms with Gasteiger partial charge in [0.05, 0.1) is 22.3 Å². The number of nitrogens with one attached hydrogen (secondary N) is 3. The number of aromatic nitrogens is 4. The van der Waals surface area contributed by atoms with Crippen LogP contribution in [0.4, 0.5) is 0 Å². The van der Waals surface area contributed by atoms with E-state index in [9.17, 15) is 9.59 Å². The van der Waals surface area contributed by atoms with Gasteiger partial charge in [-0.15, -0.1) is 11.3 Å². The Morgan fingerprint density at radius 1 is 1.13 bits per heavy atom. The van der Waals surface area contributed by atoms with Crippen molar-refractivity contribution in [2.45, 2.75) is 6.54 Å². The molecule has 0 aliphatic heterocycles. The number of para-hydroxylation sites is 1. The molecular formula is C15H11N5O2S. The molecule has 7 nitrogen and oxygen atoms in total. The number of hydrogen-bond acceptors (Lipinski definition) is 5. The summed E-state index contributed by atoms with van der Waals surface area (Å²) >= 11 is 1.54. The summed E-state index contributed by atoms with van der Waals surface area (Å²) in [5.41, 5.74) is 1.75. The molecule has 1 aromatic carbocycles. The van der Waals surface area contributed by atoms with Gasteiger partial charge >= 0.3 is 5.69 Å². The first kappa shape index (κ1) is 13.6. The molecule has 0 spiro atoms. The van der Waals surface area contributed by atoms with Crippen molar-refractivity contribution in [3.63, 3.8) is 0 Å². The van der Waals surface area contributed by atoms with Crippen molar-refractivity contribution in [3.8, 4) is 0 Å². The molecule has 23 heavy (non-hydrogen) atoms. The van der Waals surface area contributed by atoms with Gasteiger partial charge in [0, 0.05) is 0 Å². The third-order valence-electron chi connectivity index (χ3n) is 3.35. The Labute approximate surface area is 133 Å². The molecule has 4 aromatic rings. The number of pyridine rings is 1. The van der Waals surface area contributed by atoms with Crippen molar-refractivity contribution < 1.29 is 4.79 Å². The lowest BCUT2D eigenvalue weighted by Gasteiger charge is -2.02. The number of amides is 1. The first-order valence-electron chi connectivity index (χ1n) is 6.91. The molecule has 0 radical (unpaired) electrons. The Balaban J connectivity index is 1.52. The number of rotatable bonds is 3. The third-order valence-corrected chi connectivity index (χ3v) is 4.38. The van der Waals surface area contributed by atoms with Crippen molar-refractivity contribution in [1.82, 2.24) is 25.3 Å². The number of thiazole rings is 1. The maximum Gasteiger partial charge on any atom is 0.325 e. The van der Waals surface area contributed by atoms with Crippen LogP contribution in [-0.4, -0.2) is 25.8 Å². The molecule has 0 bridgehead atoms. The molecule has 3 N–H and O–H groups in total. The minimum Gasteiger partial charge on any atom is -0.344 e. The molecular weight excluding hydrogens is 314 g/mol. The molecule has 1 amide bonds. The predicted octanol–water partition coefficient (Wildman–Crippen LogP) is 1.79. The van der Waals surface area contributed by atoms with E-state index < -0.39 is 0 Å². The van der Waals surface area contributed by atoms with Gasteiger partial charge in [-0.25, -0.2) is 14.8 Å². The monoisotopic (exact) mass is 325 g/mol. The molecule has 114 valence electrons. The van der Waals surface area contributed by atoms with Crippen molar-refractivity contribution in [2.75, 3.05) is 0 Å². The molecule has 0 aliphatic carbocycles. The quantitative estimate of drug-likeness (QED) is 0.534. The summed E-state index contributed by atoms with van der Waals surface area (Å²) < 4.78 is 1.08. The van der Waals surface area contributed by atoms with Crippen molar-refractivity contribution >= 4 is 38.6 Å². The Morgan fingerprint density at radius 2 is 2.00 bits per heavy atom. The Hall–Kier alpha value is -3.00. The standard InChI is InChI=1S/C15H11N5O2S/c21-14(10-6-5-9-13(18-10)20-15(22)19-9)16-7-12-17-8-3-1-2-4-11(8)23-12/h1-6H,7H2,(H,16,21)(H2,18,19,20,22). The van der Waals surface area contributed by atoms with Crippen molar-refractivity contribution in [1.29, 1.82) is 0 Å². The first-order chi connectivity index (χ1) is 11.2. The van der Waals surface area contributed by atoms with Crippen LogP contribution in [0.2, 0.25) is 0 Å². The average Bonchev–Trinajstić information content (AvgIpc) is 3.13. The van der Waals surface area contributed by atoms with E-state index in [1.807, 2.05) is 24.3 Å². The van der Waals surface area contributed by atoms with E-state index in [0.29, 0.717) is 17.7 Å². The Bertz CT molecular complexity index is 1050. The normalized spacial score (nSPS) is 11.1. The van der Waals surface area contributed by atoms with E-state index >= 15 is 0 Å². The summed E-state index contributed by atoms with van der Waals surface area (Å²) in [5, 5.41) is 3.62. The zero-order valence-corrected chi connectivity index (χ0v) is 12.6. The van der Waals surface area contributed by atoms with E-state index in [2.05, 4.69) is 25.3 Å². The highest BCUT2D eigenvalue weighted by Crippen LogP contribution is 2.21. The van der Waals surface area contributed by atoms with Crippen LogP contribution in [0.3, 0.4) is 0 Å². The molecule has 3 heterocycles. The predicted molar refractivity (Wildman–Crippen MR) is 87.5 cm³/mol. The summed E-state index contributed by atoms with van der Waals surface area (Å²) in [4.78, 5) is 37.1. The number of nitrogens with zero attached hydrogens (tertiary/aromatic N) is 2. The minimum atomic E-state index is -0.348. The molecule has 0 atom stereocenters. The number of fused-ring (bicyclic) bond motifs is 2. The fraction of sp³-hybridized carbons (Fsp3) is 0.0667. The zero-order valence-electron chi connectivity index (χ0n) is 11.8. The molecule has 4 rings (SSSR count). The molecule has 0 saturated carbocycles. The molecule has 3 aromatic heterocycles. The van der Waals surface area contributed by atoms with E-state index in [0.717, 1.165) is 15.2 Å². The van der Waals surface area contributed by atoms with Crippen molar-refractivity contribution in [2.24, 2.45) is 0 Å². The Kier molecular flexibility index (Phi) is 3.16.